The number of hydrogen-bond acceptors (Lipinski definition) is 10. The van der Waals surface area contributed by atoms with E-state index in [-0.39, 0.29) is 37.5 Å². The van der Waals surface area contributed by atoms with E-state index in [0.717, 1.165) is 38.5 Å². The Labute approximate surface area is 197 Å². The number of fused-ring (bicyclic) bond motifs is 1. The van der Waals surface area contributed by atoms with Crippen LogP contribution in [0.25, 0.3) is 0 Å². The van der Waals surface area contributed by atoms with E-state index in [1.165, 1.54) is 17.2 Å². The molecule has 5 aliphatic rings. The maximum absolute atomic E-state index is 13.2. The Morgan fingerprint density at radius 1 is 1.29 bits per heavy atom. The summed E-state index contributed by atoms with van der Waals surface area (Å²) in [6.45, 7) is 1.55. The van der Waals surface area contributed by atoms with Gasteiger partial charge in [0.25, 0.3) is 0 Å². The lowest BCUT2D eigenvalue weighted by Gasteiger charge is -2.38. The number of ketones is 1. The van der Waals surface area contributed by atoms with Gasteiger partial charge < -0.3 is 15.2 Å². The van der Waals surface area contributed by atoms with Crippen LogP contribution in [0.1, 0.15) is 58.3 Å². The van der Waals surface area contributed by atoms with Gasteiger partial charge in [0, 0.05) is 6.20 Å². The number of nitrogens with zero attached hydrogens (tertiary/aromatic N) is 1. The number of hydrogen-bond donors (Lipinski definition) is 1. The van der Waals surface area contributed by atoms with Crippen LogP contribution < -0.4 is 5.73 Å². The van der Waals surface area contributed by atoms with E-state index < -0.39 is 43.1 Å². The molecule has 1 amide bonds. The molecule has 0 aromatic heterocycles. The molecule has 11 nitrogen and oxygen atoms in total. The third-order valence-corrected chi connectivity index (χ3v) is 8.86. The van der Waals surface area contributed by atoms with Crippen LogP contribution in [-0.4, -0.2) is 65.9 Å². The summed E-state index contributed by atoms with van der Waals surface area (Å²) in [5.74, 6) is -0.938. The third-order valence-electron chi connectivity index (χ3n) is 7.41. The SMILES string of the molecule is C[C@@]1(N)[C@@H]2O[P@@](=O)(OCCC3(C(=O)OC4CCCC4)CC3)OC[C@H]2O[C@H]1N1C=CC(=O)CC1=O. The Morgan fingerprint density at radius 2 is 2.03 bits per heavy atom. The molecular weight excluding hydrogens is 467 g/mol. The van der Waals surface area contributed by atoms with Gasteiger partial charge >= 0.3 is 13.8 Å². The van der Waals surface area contributed by atoms with Gasteiger partial charge in [0.05, 0.1) is 30.6 Å². The van der Waals surface area contributed by atoms with Gasteiger partial charge in [-0.2, -0.15) is 0 Å². The van der Waals surface area contributed by atoms with E-state index in [0.29, 0.717) is 6.42 Å². The minimum absolute atomic E-state index is 0.00323. The van der Waals surface area contributed by atoms with Crippen molar-refractivity contribution < 1.29 is 42.0 Å². The van der Waals surface area contributed by atoms with Crippen molar-refractivity contribution in [3.63, 3.8) is 0 Å². The molecule has 0 aromatic rings. The minimum atomic E-state index is -3.96. The Balaban J connectivity index is 1.18. The molecule has 188 valence electrons. The molecule has 2 saturated heterocycles. The summed E-state index contributed by atoms with van der Waals surface area (Å²) in [5, 5.41) is 0. The van der Waals surface area contributed by atoms with Gasteiger partial charge in [-0.3, -0.25) is 32.9 Å². The number of carbonyl (C=O) groups excluding carboxylic acids is 3. The van der Waals surface area contributed by atoms with Crippen molar-refractivity contribution in [3.8, 4) is 0 Å². The smallest absolute Gasteiger partial charge is 0.462 e. The fraction of sp³-hybridized carbons (Fsp3) is 0.773. The number of rotatable bonds is 7. The van der Waals surface area contributed by atoms with E-state index in [1.54, 1.807) is 6.92 Å². The normalized spacial score (nSPS) is 39.4. The molecule has 5 atom stereocenters. The van der Waals surface area contributed by atoms with Crippen molar-refractivity contribution in [2.75, 3.05) is 13.2 Å². The van der Waals surface area contributed by atoms with Gasteiger partial charge in [0.15, 0.2) is 12.0 Å². The summed E-state index contributed by atoms with van der Waals surface area (Å²) < 4.78 is 41.4. The molecule has 34 heavy (non-hydrogen) atoms. The van der Waals surface area contributed by atoms with Gasteiger partial charge in [0.1, 0.15) is 18.3 Å². The Morgan fingerprint density at radius 3 is 2.71 bits per heavy atom. The van der Waals surface area contributed by atoms with Gasteiger partial charge in [-0.25, -0.2) is 4.57 Å². The predicted octanol–water partition coefficient (Wildman–Crippen LogP) is 1.94. The molecule has 0 aromatic carbocycles. The number of phosphoric acid groups is 1. The van der Waals surface area contributed by atoms with Crippen LogP contribution in [0.15, 0.2) is 12.3 Å². The predicted molar refractivity (Wildman–Crippen MR) is 116 cm³/mol. The van der Waals surface area contributed by atoms with Crippen LogP contribution >= 0.6 is 7.82 Å². The topological polar surface area (TPSA) is 144 Å². The average molecular weight is 498 g/mol. The molecule has 0 unspecified atom stereocenters. The summed E-state index contributed by atoms with van der Waals surface area (Å²) in [6, 6.07) is 0. The van der Waals surface area contributed by atoms with Crippen molar-refractivity contribution in [2.24, 2.45) is 11.1 Å². The third kappa shape index (κ3) is 4.50. The lowest BCUT2D eigenvalue weighted by molar-refractivity contribution is -0.156. The molecule has 0 radical (unpaired) electrons. The van der Waals surface area contributed by atoms with Crippen LogP contribution in [0.2, 0.25) is 0 Å². The summed E-state index contributed by atoms with van der Waals surface area (Å²) in [7, 11) is -3.96. The standard InChI is InChI=1S/C22H31N2O9P/c1-21(23)18-16(32-19(21)24-10-6-14(25)12-17(24)26)13-30-34(28,33-18)29-11-9-22(7-8-22)20(27)31-15-4-2-3-5-15/h6,10,15-16,18-19H,2-5,7-9,11-13,23H2,1H3/t16-,18-,19-,21-,34+/m1/s1. The highest BCUT2D eigenvalue weighted by atomic mass is 31.2. The van der Waals surface area contributed by atoms with Crippen molar-refractivity contribution in [2.45, 2.75) is 88.4 Å². The van der Waals surface area contributed by atoms with Crippen molar-refractivity contribution in [1.29, 1.82) is 0 Å². The highest BCUT2D eigenvalue weighted by Crippen LogP contribution is 2.58. The number of allylic oxidation sites excluding steroid dienone is 1. The first-order chi connectivity index (χ1) is 16.1. The first-order valence-electron chi connectivity index (χ1n) is 11.9. The molecular formula is C22H31N2O9P. The Kier molecular flexibility index (Phi) is 6.23. The highest BCUT2D eigenvalue weighted by molar-refractivity contribution is 7.48. The number of esters is 1. The molecule has 12 heteroatoms. The van der Waals surface area contributed by atoms with E-state index >= 15 is 0 Å². The van der Waals surface area contributed by atoms with E-state index in [4.69, 9.17) is 28.8 Å². The summed E-state index contributed by atoms with van der Waals surface area (Å²) >= 11 is 0. The maximum Gasteiger partial charge on any atom is 0.475 e. The quantitative estimate of drug-likeness (QED) is 0.314. The monoisotopic (exact) mass is 498 g/mol. The first kappa shape index (κ1) is 24.1. The largest absolute Gasteiger partial charge is 0.475 e. The molecule has 5 rings (SSSR count). The zero-order valence-corrected chi connectivity index (χ0v) is 20.1. The number of ether oxygens (including phenoxy) is 2. The molecule has 3 heterocycles. The molecule has 2 aliphatic carbocycles. The Hall–Kier alpha value is -1.62. The van der Waals surface area contributed by atoms with E-state index in [9.17, 15) is 18.9 Å². The van der Waals surface area contributed by atoms with Crippen molar-refractivity contribution in [3.05, 3.63) is 12.3 Å². The Bertz CT molecular complexity index is 941. The summed E-state index contributed by atoms with van der Waals surface area (Å²) in [5.41, 5.74) is 4.67. The second-order valence-electron chi connectivity index (χ2n) is 10.1. The number of amides is 1. The molecule has 3 aliphatic heterocycles. The summed E-state index contributed by atoms with van der Waals surface area (Å²) in [6.07, 6.45) is 5.70. The molecule has 0 bridgehead atoms. The fourth-order valence-corrected chi connectivity index (χ4v) is 6.58. The van der Waals surface area contributed by atoms with E-state index in [1.807, 2.05) is 0 Å². The first-order valence-corrected chi connectivity index (χ1v) is 13.3. The van der Waals surface area contributed by atoms with Crippen LogP contribution in [0, 0.1) is 5.41 Å². The van der Waals surface area contributed by atoms with E-state index in [2.05, 4.69) is 0 Å². The lowest BCUT2D eigenvalue weighted by atomic mass is 9.92. The zero-order valence-electron chi connectivity index (χ0n) is 19.2. The van der Waals surface area contributed by atoms with Gasteiger partial charge in [-0.15, -0.1) is 0 Å². The average Bonchev–Trinajstić information content (AvgIpc) is 3.30. The molecule has 4 fully saturated rings. The van der Waals surface area contributed by atoms with Crippen LogP contribution in [-0.2, 0) is 42.0 Å². The second-order valence-corrected chi connectivity index (χ2v) is 11.7. The van der Waals surface area contributed by atoms with Gasteiger partial charge in [0.2, 0.25) is 5.91 Å². The highest BCUT2D eigenvalue weighted by Gasteiger charge is 2.60. The number of phosphoric ester groups is 1. The zero-order chi connectivity index (χ0) is 24.1. The fourth-order valence-electron chi connectivity index (χ4n) is 5.10. The van der Waals surface area contributed by atoms with Crippen molar-refractivity contribution in [1.82, 2.24) is 4.90 Å². The number of nitrogens with two attached hydrogens (primary N) is 1. The van der Waals surface area contributed by atoms with Crippen LogP contribution in [0.4, 0.5) is 0 Å². The number of carbonyl (C=O) groups is 3. The lowest BCUT2D eigenvalue weighted by Crippen LogP contribution is -2.60. The minimum Gasteiger partial charge on any atom is -0.462 e. The molecule has 0 spiro atoms. The van der Waals surface area contributed by atoms with Gasteiger partial charge in [-0.1, -0.05) is 0 Å². The molecule has 2 N–H and O–H groups in total. The van der Waals surface area contributed by atoms with Crippen LogP contribution in [0.3, 0.4) is 0 Å². The molecule has 2 saturated carbocycles. The maximum atomic E-state index is 13.2. The van der Waals surface area contributed by atoms with Crippen LogP contribution in [0.5, 0.6) is 0 Å². The van der Waals surface area contributed by atoms with Crippen molar-refractivity contribution >= 4 is 25.5 Å². The van der Waals surface area contributed by atoms with Gasteiger partial charge in [-0.05, 0) is 57.9 Å². The second kappa shape index (κ2) is 8.80. The summed E-state index contributed by atoms with van der Waals surface area (Å²) in [4.78, 5) is 37.7.